The highest BCUT2D eigenvalue weighted by molar-refractivity contribution is 5.76. The van der Waals surface area contributed by atoms with Crippen molar-refractivity contribution in [1.82, 2.24) is 10.6 Å². The molecule has 1 amide bonds. The molecule has 0 saturated carbocycles. The molecule has 0 bridgehead atoms. The summed E-state index contributed by atoms with van der Waals surface area (Å²) in [5.41, 5.74) is 0. The highest BCUT2D eigenvalue weighted by Gasteiger charge is 2.20. The van der Waals surface area contributed by atoms with Crippen molar-refractivity contribution in [3.05, 3.63) is 0 Å². The summed E-state index contributed by atoms with van der Waals surface area (Å²) in [6.45, 7) is 3.60. The standard InChI is InChI=1S/C11H20N2O2/c14-11(13-10-1-4-12-8-10)7-9-2-5-15-6-3-9/h9-10,12H,1-8H2,(H,13,14)/t10-/m1/s1. The molecule has 0 aromatic rings. The van der Waals surface area contributed by atoms with E-state index in [1.807, 2.05) is 0 Å². The van der Waals surface area contributed by atoms with Gasteiger partial charge < -0.3 is 15.4 Å². The van der Waals surface area contributed by atoms with Gasteiger partial charge in [-0.3, -0.25) is 4.79 Å². The fourth-order valence-electron chi connectivity index (χ4n) is 2.28. The van der Waals surface area contributed by atoms with Crippen molar-refractivity contribution in [3.63, 3.8) is 0 Å². The molecule has 0 aromatic carbocycles. The maximum atomic E-state index is 11.7. The minimum atomic E-state index is 0.218. The van der Waals surface area contributed by atoms with Crippen LogP contribution in [0.15, 0.2) is 0 Å². The second kappa shape index (κ2) is 5.47. The van der Waals surface area contributed by atoms with Crippen molar-refractivity contribution >= 4 is 5.91 Å². The van der Waals surface area contributed by atoms with Crippen molar-refractivity contribution in [2.45, 2.75) is 31.7 Å². The molecule has 2 fully saturated rings. The first-order valence-corrected chi connectivity index (χ1v) is 5.92. The minimum Gasteiger partial charge on any atom is -0.381 e. The average molecular weight is 212 g/mol. The number of hydrogen-bond donors (Lipinski definition) is 2. The van der Waals surface area contributed by atoms with Crippen LogP contribution >= 0.6 is 0 Å². The van der Waals surface area contributed by atoms with Crippen LogP contribution < -0.4 is 10.6 Å². The molecule has 15 heavy (non-hydrogen) atoms. The first-order chi connectivity index (χ1) is 7.34. The Morgan fingerprint density at radius 2 is 2.13 bits per heavy atom. The molecule has 2 aliphatic heterocycles. The largest absolute Gasteiger partial charge is 0.381 e. The predicted octanol–water partition coefficient (Wildman–Crippen LogP) is 0.281. The van der Waals surface area contributed by atoms with E-state index in [0.29, 0.717) is 18.4 Å². The van der Waals surface area contributed by atoms with Crippen molar-refractivity contribution in [2.24, 2.45) is 5.92 Å². The lowest BCUT2D eigenvalue weighted by atomic mass is 9.96. The van der Waals surface area contributed by atoms with Gasteiger partial charge in [-0.25, -0.2) is 0 Å². The first kappa shape index (κ1) is 10.9. The van der Waals surface area contributed by atoms with Crippen LogP contribution in [0.1, 0.15) is 25.7 Å². The molecule has 2 rings (SSSR count). The van der Waals surface area contributed by atoms with Crippen molar-refractivity contribution in [1.29, 1.82) is 0 Å². The van der Waals surface area contributed by atoms with Gasteiger partial charge in [0, 0.05) is 32.2 Å². The van der Waals surface area contributed by atoms with Crippen LogP contribution in [0.3, 0.4) is 0 Å². The molecule has 2 saturated heterocycles. The molecule has 86 valence electrons. The molecular weight excluding hydrogens is 192 g/mol. The number of ether oxygens (including phenoxy) is 1. The summed E-state index contributed by atoms with van der Waals surface area (Å²) in [5.74, 6) is 0.753. The monoisotopic (exact) mass is 212 g/mol. The van der Waals surface area contributed by atoms with Gasteiger partial charge in [-0.05, 0) is 31.7 Å². The normalized spacial score (nSPS) is 27.9. The topological polar surface area (TPSA) is 50.4 Å². The van der Waals surface area contributed by atoms with Crippen LogP contribution in [0.4, 0.5) is 0 Å². The molecule has 0 spiro atoms. The number of hydrogen-bond acceptors (Lipinski definition) is 3. The molecule has 0 aliphatic carbocycles. The minimum absolute atomic E-state index is 0.218. The van der Waals surface area contributed by atoms with E-state index >= 15 is 0 Å². The Kier molecular flexibility index (Phi) is 3.97. The molecule has 0 unspecified atom stereocenters. The molecule has 0 radical (unpaired) electrons. The lowest BCUT2D eigenvalue weighted by Gasteiger charge is -2.22. The Hall–Kier alpha value is -0.610. The van der Waals surface area contributed by atoms with Crippen molar-refractivity contribution in [2.75, 3.05) is 26.3 Å². The zero-order chi connectivity index (χ0) is 10.5. The van der Waals surface area contributed by atoms with Crippen LogP contribution in [0, 0.1) is 5.92 Å². The molecule has 2 aliphatic rings. The van der Waals surface area contributed by atoms with E-state index in [1.54, 1.807) is 0 Å². The van der Waals surface area contributed by atoms with Gasteiger partial charge in [-0.1, -0.05) is 0 Å². The van der Waals surface area contributed by atoms with Crippen LogP contribution in [0.2, 0.25) is 0 Å². The molecule has 2 heterocycles. The van der Waals surface area contributed by atoms with Crippen LogP contribution in [-0.2, 0) is 9.53 Å². The second-order valence-corrected chi connectivity index (χ2v) is 4.52. The summed E-state index contributed by atoms with van der Waals surface area (Å²) in [4.78, 5) is 11.7. The summed E-state index contributed by atoms with van der Waals surface area (Å²) in [6, 6.07) is 0.359. The highest BCUT2D eigenvalue weighted by Crippen LogP contribution is 2.18. The Balaban J connectivity index is 1.66. The maximum absolute atomic E-state index is 11.7. The second-order valence-electron chi connectivity index (χ2n) is 4.52. The number of carbonyl (C=O) groups is 1. The molecule has 2 N–H and O–H groups in total. The zero-order valence-electron chi connectivity index (χ0n) is 9.13. The van der Waals surface area contributed by atoms with Crippen LogP contribution in [-0.4, -0.2) is 38.3 Å². The molecule has 4 nitrogen and oxygen atoms in total. The van der Waals surface area contributed by atoms with Gasteiger partial charge in [0.25, 0.3) is 0 Å². The highest BCUT2D eigenvalue weighted by atomic mass is 16.5. The van der Waals surface area contributed by atoms with E-state index in [0.717, 1.165) is 45.6 Å². The smallest absolute Gasteiger partial charge is 0.220 e. The molecular formula is C11H20N2O2. The third-order valence-electron chi connectivity index (χ3n) is 3.24. The van der Waals surface area contributed by atoms with E-state index < -0.39 is 0 Å². The summed E-state index contributed by atoms with van der Waals surface area (Å²) in [6.07, 6.45) is 3.83. The Morgan fingerprint density at radius 3 is 2.80 bits per heavy atom. The Labute approximate surface area is 90.8 Å². The number of carbonyl (C=O) groups excluding carboxylic acids is 1. The first-order valence-electron chi connectivity index (χ1n) is 5.92. The summed E-state index contributed by atoms with van der Waals surface area (Å²) in [7, 11) is 0. The molecule has 1 atom stereocenters. The van der Waals surface area contributed by atoms with Gasteiger partial charge in [0.1, 0.15) is 0 Å². The summed E-state index contributed by atoms with van der Waals surface area (Å²) >= 11 is 0. The van der Waals surface area contributed by atoms with Gasteiger partial charge in [-0.2, -0.15) is 0 Å². The number of rotatable bonds is 3. The summed E-state index contributed by atoms with van der Waals surface area (Å²) < 4.78 is 5.27. The van der Waals surface area contributed by atoms with Gasteiger partial charge in [0.05, 0.1) is 0 Å². The van der Waals surface area contributed by atoms with Gasteiger partial charge in [0.2, 0.25) is 5.91 Å². The fourth-order valence-corrected chi connectivity index (χ4v) is 2.28. The molecule has 4 heteroatoms. The van der Waals surface area contributed by atoms with E-state index in [1.165, 1.54) is 0 Å². The lowest BCUT2D eigenvalue weighted by Crippen LogP contribution is -2.37. The third kappa shape index (κ3) is 3.47. The van der Waals surface area contributed by atoms with E-state index in [2.05, 4.69) is 10.6 Å². The van der Waals surface area contributed by atoms with E-state index in [9.17, 15) is 4.79 Å². The third-order valence-corrected chi connectivity index (χ3v) is 3.24. The van der Waals surface area contributed by atoms with E-state index in [-0.39, 0.29) is 5.91 Å². The van der Waals surface area contributed by atoms with Crippen molar-refractivity contribution < 1.29 is 9.53 Å². The van der Waals surface area contributed by atoms with E-state index in [4.69, 9.17) is 4.74 Å². The Bertz CT molecular complexity index is 209. The Morgan fingerprint density at radius 1 is 1.33 bits per heavy atom. The van der Waals surface area contributed by atoms with Crippen LogP contribution in [0.5, 0.6) is 0 Å². The van der Waals surface area contributed by atoms with Crippen molar-refractivity contribution in [3.8, 4) is 0 Å². The SMILES string of the molecule is O=C(CC1CCOCC1)N[C@@H]1CCNC1. The van der Waals surface area contributed by atoms with Gasteiger partial charge in [0.15, 0.2) is 0 Å². The molecule has 0 aromatic heterocycles. The van der Waals surface area contributed by atoms with Gasteiger partial charge in [-0.15, -0.1) is 0 Å². The average Bonchev–Trinajstić information content (AvgIpc) is 2.71. The number of amides is 1. The quantitative estimate of drug-likeness (QED) is 0.706. The predicted molar refractivity (Wildman–Crippen MR) is 57.6 cm³/mol. The fraction of sp³-hybridized carbons (Fsp3) is 0.909. The van der Waals surface area contributed by atoms with Crippen LogP contribution in [0.25, 0.3) is 0 Å². The van der Waals surface area contributed by atoms with Gasteiger partial charge >= 0.3 is 0 Å². The maximum Gasteiger partial charge on any atom is 0.220 e. The summed E-state index contributed by atoms with van der Waals surface area (Å²) in [5, 5.41) is 6.33. The number of nitrogens with one attached hydrogen (secondary N) is 2. The lowest BCUT2D eigenvalue weighted by molar-refractivity contribution is -0.123. The zero-order valence-corrected chi connectivity index (χ0v) is 9.13.